The van der Waals surface area contributed by atoms with Gasteiger partial charge in [-0.25, -0.2) is 9.67 Å². The van der Waals surface area contributed by atoms with Crippen LogP contribution in [0.4, 0.5) is 32.0 Å². The van der Waals surface area contributed by atoms with Crippen molar-refractivity contribution in [1.29, 1.82) is 0 Å². The van der Waals surface area contributed by atoms with Gasteiger partial charge in [0, 0.05) is 28.9 Å². The minimum atomic E-state index is -5.07. The summed E-state index contributed by atoms with van der Waals surface area (Å²) >= 11 is 0. The SMILES string of the molecule is COc1nccc2c(-n3ncc(C(=O)N(Cc4ccccc4)c4ccnc(C(F)(F)F)c4)c3C(F)(F)F)cccc12. The van der Waals surface area contributed by atoms with E-state index in [9.17, 15) is 31.1 Å². The smallest absolute Gasteiger partial charge is 0.434 e. The van der Waals surface area contributed by atoms with Gasteiger partial charge >= 0.3 is 12.4 Å². The van der Waals surface area contributed by atoms with Gasteiger partial charge in [0.25, 0.3) is 5.91 Å². The summed E-state index contributed by atoms with van der Waals surface area (Å²) in [6.07, 6.45) is -6.96. The van der Waals surface area contributed by atoms with Crippen LogP contribution in [0.2, 0.25) is 0 Å². The predicted octanol–water partition coefficient (Wildman–Crippen LogP) is 6.71. The number of halogens is 6. The quantitative estimate of drug-likeness (QED) is 0.212. The van der Waals surface area contributed by atoms with Crippen molar-refractivity contribution in [2.45, 2.75) is 18.9 Å². The maximum absolute atomic E-state index is 14.6. The van der Waals surface area contributed by atoms with Crippen molar-refractivity contribution < 1.29 is 35.9 Å². The molecule has 0 saturated heterocycles. The number of pyridine rings is 2. The molecule has 0 aliphatic heterocycles. The minimum absolute atomic E-state index is 0.00699. The van der Waals surface area contributed by atoms with E-state index < -0.39 is 35.2 Å². The number of methoxy groups -OCH3 is 1. The molecule has 2 aromatic carbocycles. The molecule has 7 nitrogen and oxygen atoms in total. The van der Waals surface area contributed by atoms with Gasteiger partial charge in [-0.2, -0.15) is 31.4 Å². The van der Waals surface area contributed by atoms with Crippen molar-refractivity contribution >= 4 is 22.4 Å². The van der Waals surface area contributed by atoms with Crippen molar-refractivity contribution in [3.8, 4) is 11.6 Å². The summed E-state index contributed by atoms with van der Waals surface area (Å²) in [5.74, 6) is -1.03. The van der Waals surface area contributed by atoms with E-state index in [1.165, 1.54) is 31.5 Å². The highest BCUT2D eigenvalue weighted by Gasteiger charge is 2.42. The summed E-state index contributed by atoms with van der Waals surface area (Å²) in [6.45, 7) is -0.319. The lowest BCUT2D eigenvalue weighted by Crippen LogP contribution is -2.32. The second-order valence-electron chi connectivity index (χ2n) is 8.78. The number of hydrogen-bond acceptors (Lipinski definition) is 5. The Morgan fingerprint density at radius 2 is 1.61 bits per heavy atom. The van der Waals surface area contributed by atoms with E-state index >= 15 is 0 Å². The van der Waals surface area contributed by atoms with Gasteiger partial charge in [-0.15, -0.1) is 0 Å². The average Bonchev–Trinajstić information content (AvgIpc) is 3.41. The third kappa shape index (κ3) is 5.42. The van der Waals surface area contributed by atoms with E-state index in [4.69, 9.17) is 4.74 Å². The van der Waals surface area contributed by atoms with Gasteiger partial charge in [-0.3, -0.25) is 9.78 Å². The molecule has 1 amide bonds. The molecule has 5 aromatic rings. The lowest BCUT2D eigenvalue weighted by molar-refractivity contribution is -0.143. The molecule has 13 heteroatoms. The molecule has 5 rings (SSSR count). The van der Waals surface area contributed by atoms with Crippen LogP contribution in [0.3, 0.4) is 0 Å². The van der Waals surface area contributed by atoms with Gasteiger partial charge in [0.2, 0.25) is 5.88 Å². The highest BCUT2D eigenvalue weighted by Crippen LogP contribution is 2.38. The van der Waals surface area contributed by atoms with Crippen molar-refractivity contribution in [3.05, 3.63) is 108 Å². The summed E-state index contributed by atoms with van der Waals surface area (Å²) in [6, 6.07) is 15.8. The zero-order chi connectivity index (χ0) is 29.4. The third-order valence-corrected chi connectivity index (χ3v) is 6.21. The van der Waals surface area contributed by atoms with Crippen LogP contribution in [0.15, 0.2) is 85.3 Å². The van der Waals surface area contributed by atoms with Crippen molar-refractivity contribution in [1.82, 2.24) is 19.7 Å². The second-order valence-corrected chi connectivity index (χ2v) is 8.78. The maximum Gasteiger partial charge on any atom is 0.434 e. The number of ether oxygens (including phenoxy) is 1. The number of benzene rings is 2. The molecule has 0 aliphatic carbocycles. The van der Waals surface area contributed by atoms with Crippen molar-refractivity contribution in [3.63, 3.8) is 0 Å². The van der Waals surface area contributed by atoms with E-state index in [1.54, 1.807) is 36.4 Å². The monoisotopic (exact) mass is 571 g/mol. The van der Waals surface area contributed by atoms with Gasteiger partial charge in [0.15, 0.2) is 5.69 Å². The Labute approximate surface area is 228 Å². The first kappa shape index (κ1) is 27.6. The van der Waals surface area contributed by atoms with Gasteiger partial charge in [-0.1, -0.05) is 36.4 Å². The number of alkyl halides is 6. The molecular formula is C28H19F6N5O2. The fraction of sp³-hybridized carbons (Fsp3) is 0.143. The van der Waals surface area contributed by atoms with E-state index in [0.29, 0.717) is 27.1 Å². The molecule has 0 bridgehead atoms. The Morgan fingerprint density at radius 1 is 0.878 bits per heavy atom. The van der Waals surface area contributed by atoms with E-state index in [1.807, 2.05) is 0 Å². The Morgan fingerprint density at radius 3 is 2.29 bits per heavy atom. The molecule has 41 heavy (non-hydrogen) atoms. The van der Waals surface area contributed by atoms with E-state index in [0.717, 1.165) is 23.4 Å². The summed E-state index contributed by atoms with van der Waals surface area (Å²) < 4.78 is 90.0. The van der Waals surface area contributed by atoms with Crippen LogP contribution in [0.5, 0.6) is 5.88 Å². The second kappa shape index (κ2) is 10.6. The molecular weight excluding hydrogens is 552 g/mol. The van der Waals surface area contributed by atoms with Crippen LogP contribution in [-0.2, 0) is 18.9 Å². The third-order valence-electron chi connectivity index (χ3n) is 6.21. The largest absolute Gasteiger partial charge is 0.481 e. The van der Waals surface area contributed by atoms with E-state index in [-0.39, 0.29) is 23.8 Å². The van der Waals surface area contributed by atoms with Crippen molar-refractivity contribution in [2.75, 3.05) is 12.0 Å². The molecule has 0 fully saturated rings. The molecule has 210 valence electrons. The zero-order valence-electron chi connectivity index (χ0n) is 21.1. The lowest BCUT2D eigenvalue weighted by Gasteiger charge is -2.24. The Hall–Kier alpha value is -4.94. The van der Waals surface area contributed by atoms with Gasteiger partial charge < -0.3 is 9.64 Å². The first-order valence-electron chi connectivity index (χ1n) is 12.0. The fourth-order valence-corrected chi connectivity index (χ4v) is 4.41. The number of nitrogens with zero attached hydrogens (tertiary/aromatic N) is 5. The summed E-state index contributed by atoms with van der Waals surface area (Å²) in [5, 5.41) is 4.64. The summed E-state index contributed by atoms with van der Waals surface area (Å²) in [4.78, 5) is 22.0. The summed E-state index contributed by atoms with van der Waals surface area (Å²) in [7, 11) is 1.37. The van der Waals surface area contributed by atoms with Crippen LogP contribution >= 0.6 is 0 Å². The Bertz CT molecular complexity index is 1720. The fourth-order valence-electron chi connectivity index (χ4n) is 4.41. The molecule has 3 aromatic heterocycles. The predicted molar refractivity (Wildman–Crippen MR) is 137 cm³/mol. The number of aromatic nitrogens is 4. The molecule has 0 atom stereocenters. The molecule has 0 N–H and O–H groups in total. The first-order chi connectivity index (χ1) is 19.5. The highest BCUT2D eigenvalue weighted by atomic mass is 19.4. The number of anilines is 1. The summed E-state index contributed by atoms with van der Waals surface area (Å²) in [5.41, 5.74) is -3.37. The Kier molecular flexibility index (Phi) is 7.11. The molecule has 0 unspecified atom stereocenters. The standard InChI is InChI=1S/C28H19F6N5O2/c1-41-25-20-8-5-9-22(19(20)11-13-36-25)39-24(28(32,33)34)21(15-37-39)26(40)38(16-17-6-3-2-4-7-17)18-10-12-35-23(14-18)27(29,30)31/h2-15H,16H2,1H3. The van der Waals surface area contributed by atoms with Crippen molar-refractivity contribution in [2.24, 2.45) is 0 Å². The highest BCUT2D eigenvalue weighted by molar-refractivity contribution is 6.07. The van der Waals surface area contributed by atoms with E-state index in [2.05, 4.69) is 15.1 Å². The average molecular weight is 571 g/mol. The molecule has 0 saturated carbocycles. The number of rotatable bonds is 6. The topological polar surface area (TPSA) is 73.1 Å². The van der Waals surface area contributed by atoms with Gasteiger partial charge in [0.05, 0.1) is 31.1 Å². The molecule has 0 spiro atoms. The molecule has 0 aliphatic rings. The maximum atomic E-state index is 14.6. The first-order valence-corrected chi connectivity index (χ1v) is 12.0. The van der Waals surface area contributed by atoms with Gasteiger partial charge in [-0.05, 0) is 35.9 Å². The van der Waals surface area contributed by atoms with Crippen LogP contribution in [0.25, 0.3) is 16.5 Å². The van der Waals surface area contributed by atoms with Crippen LogP contribution in [0, 0.1) is 0 Å². The molecule has 0 radical (unpaired) electrons. The lowest BCUT2D eigenvalue weighted by atomic mass is 10.1. The Balaban J connectivity index is 1.68. The number of amides is 1. The number of carbonyl (C=O) groups excluding carboxylic acids is 1. The number of carbonyl (C=O) groups is 1. The minimum Gasteiger partial charge on any atom is -0.481 e. The molecule has 3 heterocycles. The number of fused-ring (bicyclic) bond motifs is 1. The van der Waals surface area contributed by atoms with Gasteiger partial charge in [0.1, 0.15) is 5.69 Å². The van der Waals surface area contributed by atoms with Crippen LogP contribution in [0.1, 0.15) is 27.3 Å². The number of hydrogen-bond donors (Lipinski definition) is 0. The van der Waals surface area contributed by atoms with Crippen LogP contribution < -0.4 is 9.64 Å². The normalized spacial score (nSPS) is 12.0. The zero-order valence-corrected chi connectivity index (χ0v) is 21.1. The van der Waals surface area contributed by atoms with Crippen LogP contribution in [-0.4, -0.2) is 32.8 Å².